The van der Waals surface area contributed by atoms with Gasteiger partial charge in [0.1, 0.15) is 11.6 Å². The summed E-state index contributed by atoms with van der Waals surface area (Å²) in [4.78, 5) is 12.7. The molecule has 0 N–H and O–H groups in total. The Kier molecular flexibility index (Phi) is 4.83. The van der Waals surface area contributed by atoms with Gasteiger partial charge in [-0.05, 0) is 70.0 Å². The molecule has 0 aliphatic rings. The van der Waals surface area contributed by atoms with Crippen molar-refractivity contribution < 1.29 is 4.79 Å². The highest BCUT2D eigenvalue weighted by Crippen LogP contribution is 2.25. The van der Waals surface area contributed by atoms with Crippen LogP contribution >= 0.6 is 0 Å². The second kappa shape index (κ2) is 7.08. The lowest BCUT2D eigenvalue weighted by molar-refractivity contribution is 0.0943. The fourth-order valence-corrected chi connectivity index (χ4v) is 3.36. The molecule has 0 unspecified atom stereocenters. The number of allylic oxidation sites excluding steroid dienone is 1. The van der Waals surface area contributed by atoms with E-state index in [0.717, 1.165) is 33.9 Å². The van der Waals surface area contributed by atoms with E-state index in [-0.39, 0.29) is 5.57 Å². The summed E-state index contributed by atoms with van der Waals surface area (Å²) in [5, 5.41) is 13.8. The Bertz CT molecular complexity index is 1110. The minimum atomic E-state index is -0.413. The Labute approximate surface area is 159 Å². The molecule has 3 rings (SSSR count). The van der Waals surface area contributed by atoms with E-state index < -0.39 is 5.91 Å². The van der Waals surface area contributed by atoms with E-state index >= 15 is 0 Å². The minimum Gasteiger partial charge on any atom is -0.318 e. The van der Waals surface area contributed by atoms with Gasteiger partial charge in [-0.3, -0.25) is 4.79 Å². The van der Waals surface area contributed by atoms with E-state index in [1.807, 2.05) is 51.1 Å². The normalized spacial score (nSPS) is 11.5. The summed E-state index contributed by atoms with van der Waals surface area (Å²) in [6.07, 6.45) is 1.65. The molecule has 0 saturated carbocycles. The van der Waals surface area contributed by atoms with Crippen molar-refractivity contribution in [1.29, 1.82) is 5.26 Å². The maximum atomic E-state index is 12.7. The number of para-hydroxylation sites is 1. The smallest absolute Gasteiger partial charge is 0.289 e. The minimum absolute atomic E-state index is 0.0613. The summed E-state index contributed by atoms with van der Waals surface area (Å²) in [5.41, 5.74) is 6.65. The molecule has 0 saturated heterocycles. The maximum Gasteiger partial charge on any atom is 0.289 e. The molecule has 0 spiro atoms. The zero-order valence-electron chi connectivity index (χ0n) is 16.2. The lowest BCUT2D eigenvalue weighted by atomic mass is 10.1. The molecule has 5 nitrogen and oxygen atoms in total. The van der Waals surface area contributed by atoms with E-state index in [4.69, 9.17) is 0 Å². The number of aromatic nitrogens is 3. The third-order valence-corrected chi connectivity index (χ3v) is 4.68. The average molecular weight is 358 g/mol. The van der Waals surface area contributed by atoms with Gasteiger partial charge in [0, 0.05) is 22.8 Å². The van der Waals surface area contributed by atoms with Crippen LogP contribution in [0.1, 0.15) is 38.7 Å². The monoisotopic (exact) mass is 358 g/mol. The summed E-state index contributed by atoms with van der Waals surface area (Å²) in [7, 11) is 0. The number of rotatable bonds is 3. The second-order valence-electron chi connectivity index (χ2n) is 6.76. The number of nitriles is 1. The van der Waals surface area contributed by atoms with Crippen molar-refractivity contribution in [3.05, 3.63) is 75.9 Å². The van der Waals surface area contributed by atoms with Gasteiger partial charge in [-0.2, -0.15) is 10.4 Å². The number of carbonyl (C=O) groups excluding carboxylic acids is 1. The molecular formula is C22H22N4O. The molecule has 0 fully saturated rings. The third-order valence-electron chi connectivity index (χ3n) is 4.68. The van der Waals surface area contributed by atoms with E-state index in [0.29, 0.717) is 5.69 Å². The SMILES string of the molecule is Cc1cc(C)n(C(=O)/C(C#N)=C/c2cc(C)n(-c3ccccc3C)c2C)n1. The molecule has 0 amide bonds. The zero-order chi connectivity index (χ0) is 19.7. The van der Waals surface area contributed by atoms with Crippen LogP contribution in [0.4, 0.5) is 0 Å². The standard InChI is InChI=1S/C22H22N4O/c1-14-8-6-7-9-21(14)25-16(3)11-19(18(25)5)12-20(13-23)22(27)26-17(4)10-15(2)24-26/h6-12H,1-5H3/b20-12+. The van der Waals surface area contributed by atoms with Crippen molar-refractivity contribution in [3.8, 4) is 11.8 Å². The first-order valence-corrected chi connectivity index (χ1v) is 8.78. The van der Waals surface area contributed by atoms with Crippen LogP contribution in [0.25, 0.3) is 11.8 Å². The first kappa shape index (κ1) is 18.4. The van der Waals surface area contributed by atoms with Gasteiger partial charge in [0.2, 0.25) is 0 Å². The summed E-state index contributed by atoms with van der Waals surface area (Å²) in [6, 6.07) is 14.0. The van der Waals surface area contributed by atoms with Gasteiger partial charge in [-0.25, -0.2) is 4.68 Å². The lowest BCUT2D eigenvalue weighted by Crippen LogP contribution is -2.15. The van der Waals surface area contributed by atoms with Crippen LogP contribution in [0.3, 0.4) is 0 Å². The number of carbonyl (C=O) groups is 1. The molecule has 2 heterocycles. The van der Waals surface area contributed by atoms with Gasteiger partial charge in [-0.15, -0.1) is 0 Å². The number of nitrogens with zero attached hydrogens (tertiary/aromatic N) is 4. The van der Waals surface area contributed by atoms with Crippen LogP contribution in [0, 0.1) is 45.9 Å². The molecule has 0 aliphatic heterocycles. The van der Waals surface area contributed by atoms with Crippen LogP contribution in [0.15, 0.2) is 42.0 Å². The molecule has 136 valence electrons. The Morgan fingerprint density at radius 3 is 2.37 bits per heavy atom. The molecule has 0 atom stereocenters. The van der Waals surface area contributed by atoms with Gasteiger partial charge in [0.05, 0.1) is 5.69 Å². The van der Waals surface area contributed by atoms with E-state index in [9.17, 15) is 10.1 Å². The quantitative estimate of drug-likeness (QED) is 0.513. The Morgan fingerprint density at radius 1 is 1.07 bits per heavy atom. The highest BCUT2D eigenvalue weighted by Gasteiger charge is 2.17. The number of aryl methyl sites for hydroxylation is 4. The van der Waals surface area contributed by atoms with Gasteiger partial charge >= 0.3 is 0 Å². The van der Waals surface area contributed by atoms with Crippen LogP contribution in [-0.4, -0.2) is 20.3 Å². The lowest BCUT2D eigenvalue weighted by Gasteiger charge is -2.12. The topological polar surface area (TPSA) is 63.6 Å². The van der Waals surface area contributed by atoms with Crippen LogP contribution < -0.4 is 0 Å². The molecule has 2 aromatic heterocycles. The molecule has 3 aromatic rings. The van der Waals surface area contributed by atoms with Crippen molar-refractivity contribution in [1.82, 2.24) is 14.3 Å². The molecule has 0 aliphatic carbocycles. The Balaban J connectivity index is 2.08. The molecule has 1 aromatic carbocycles. The van der Waals surface area contributed by atoms with E-state index in [2.05, 4.69) is 28.7 Å². The van der Waals surface area contributed by atoms with Crippen molar-refractivity contribution in [3.63, 3.8) is 0 Å². The predicted octanol–water partition coefficient (Wildman–Crippen LogP) is 4.46. The van der Waals surface area contributed by atoms with Gasteiger partial charge in [0.25, 0.3) is 5.91 Å². The zero-order valence-corrected chi connectivity index (χ0v) is 16.2. The molecular weight excluding hydrogens is 336 g/mol. The van der Waals surface area contributed by atoms with Crippen molar-refractivity contribution in [2.24, 2.45) is 0 Å². The van der Waals surface area contributed by atoms with Crippen molar-refractivity contribution in [2.45, 2.75) is 34.6 Å². The number of hydrogen-bond donors (Lipinski definition) is 0. The predicted molar refractivity (Wildman–Crippen MR) is 106 cm³/mol. The fourth-order valence-electron chi connectivity index (χ4n) is 3.36. The molecule has 0 radical (unpaired) electrons. The highest BCUT2D eigenvalue weighted by atomic mass is 16.2. The summed E-state index contributed by atoms with van der Waals surface area (Å²) < 4.78 is 3.43. The summed E-state index contributed by atoms with van der Waals surface area (Å²) >= 11 is 0. The Morgan fingerprint density at radius 2 is 1.78 bits per heavy atom. The highest BCUT2D eigenvalue weighted by molar-refractivity contribution is 6.03. The number of benzene rings is 1. The first-order valence-electron chi connectivity index (χ1n) is 8.78. The summed E-state index contributed by atoms with van der Waals surface area (Å²) in [6.45, 7) is 9.70. The van der Waals surface area contributed by atoms with Gasteiger partial charge in [0.15, 0.2) is 0 Å². The molecule has 0 bridgehead atoms. The largest absolute Gasteiger partial charge is 0.318 e. The van der Waals surface area contributed by atoms with Crippen molar-refractivity contribution in [2.75, 3.05) is 0 Å². The Hall–Kier alpha value is -3.39. The third kappa shape index (κ3) is 3.34. The van der Waals surface area contributed by atoms with Crippen molar-refractivity contribution >= 4 is 12.0 Å². The molecule has 27 heavy (non-hydrogen) atoms. The van der Waals surface area contributed by atoms with Crippen LogP contribution in [-0.2, 0) is 0 Å². The van der Waals surface area contributed by atoms with E-state index in [1.54, 1.807) is 13.0 Å². The second-order valence-corrected chi connectivity index (χ2v) is 6.76. The van der Waals surface area contributed by atoms with Gasteiger partial charge in [-0.1, -0.05) is 18.2 Å². The maximum absolute atomic E-state index is 12.7. The average Bonchev–Trinajstić information content (AvgIpc) is 3.11. The number of hydrogen-bond acceptors (Lipinski definition) is 3. The van der Waals surface area contributed by atoms with Gasteiger partial charge < -0.3 is 4.57 Å². The molecule has 5 heteroatoms. The summed E-state index contributed by atoms with van der Waals surface area (Å²) in [5.74, 6) is -0.413. The van der Waals surface area contributed by atoms with Crippen LogP contribution in [0.5, 0.6) is 0 Å². The fraction of sp³-hybridized carbons (Fsp3) is 0.227. The van der Waals surface area contributed by atoms with Crippen LogP contribution in [0.2, 0.25) is 0 Å². The van der Waals surface area contributed by atoms with E-state index in [1.165, 1.54) is 4.68 Å². The first-order chi connectivity index (χ1) is 12.8.